The molecule has 1 fully saturated rings. The molecule has 4 atom stereocenters. The average molecular weight is 332 g/mol. The Morgan fingerprint density at radius 3 is 2.50 bits per heavy atom. The Labute approximate surface area is 143 Å². The summed E-state index contributed by atoms with van der Waals surface area (Å²) in [6.07, 6.45) is 2.24. The third-order valence-corrected chi connectivity index (χ3v) is 6.61. The van der Waals surface area contributed by atoms with Crippen molar-refractivity contribution < 1.29 is 20.1 Å². The number of aliphatic hydroxyl groups is 2. The van der Waals surface area contributed by atoms with Crippen LogP contribution in [0.4, 0.5) is 0 Å². The fraction of sp³-hybridized carbons (Fsp3) is 0.650. The van der Waals surface area contributed by atoms with E-state index in [1.807, 2.05) is 25.1 Å². The number of carboxylic acid groups (broad SMARTS) is 1. The van der Waals surface area contributed by atoms with Gasteiger partial charge in [0.15, 0.2) is 0 Å². The molecule has 0 heterocycles. The van der Waals surface area contributed by atoms with Gasteiger partial charge in [0.05, 0.1) is 17.1 Å². The van der Waals surface area contributed by atoms with Crippen LogP contribution in [0.1, 0.15) is 76.2 Å². The lowest BCUT2D eigenvalue weighted by Crippen LogP contribution is -2.53. The maximum Gasteiger partial charge on any atom is 0.309 e. The normalized spacial score (nSPS) is 35.9. The minimum atomic E-state index is -0.964. The van der Waals surface area contributed by atoms with Crippen molar-refractivity contribution in [3.63, 3.8) is 0 Å². The predicted octanol–water partition coefficient (Wildman–Crippen LogP) is 3.50. The number of carboxylic acids is 1. The largest absolute Gasteiger partial charge is 0.481 e. The van der Waals surface area contributed by atoms with Gasteiger partial charge in [-0.2, -0.15) is 0 Å². The van der Waals surface area contributed by atoms with Crippen LogP contribution in [0.5, 0.6) is 0 Å². The van der Waals surface area contributed by atoms with E-state index in [9.17, 15) is 20.1 Å². The molecule has 1 aromatic carbocycles. The Morgan fingerprint density at radius 2 is 1.92 bits per heavy atom. The quantitative estimate of drug-likeness (QED) is 0.774. The summed E-state index contributed by atoms with van der Waals surface area (Å²) in [5.41, 5.74) is 0.654. The molecular weight excluding hydrogens is 304 g/mol. The first-order chi connectivity index (χ1) is 11.0. The third kappa shape index (κ3) is 2.39. The molecule has 132 valence electrons. The molecule has 0 bridgehead atoms. The van der Waals surface area contributed by atoms with Gasteiger partial charge in [0.2, 0.25) is 0 Å². The first-order valence-corrected chi connectivity index (χ1v) is 8.79. The van der Waals surface area contributed by atoms with Gasteiger partial charge in [-0.05, 0) is 68.1 Å². The molecule has 2 aliphatic carbocycles. The minimum Gasteiger partial charge on any atom is -0.481 e. The lowest BCUT2D eigenvalue weighted by atomic mass is 9.49. The Bertz CT molecular complexity index is 675. The van der Waals surface area contributed by atoms with Gasteiger partial charge in [-0.3, -0.25) is 4.79 Å². The number of fused-ring (bicyclic) bond motifs is 3. The van der Waals surface area contributed by atoms with Crippen molar-refractivity contribution in [2.75, 3.05) is 0 Å². The number of aliphatic hydroxyl groups excluding tert-OH is 1. The summed E-state index contributed by atoms with van der Waals surface area (Å²) in [7, 11) is 0. The van der Waals surface area contributed by atoms with Crippen LogP contribution in [-0.2, 0) is 15.8 Å². The van der Waals surface area contributed by atoms with Gasteiger partial charge in [0.25, 0.3) is 0 Å². The molecule has 0 radical (unpaired) electrons. The smallest absolute Gasteiger partial charge is 0.309 e. The number of aliphatic carboxylic acids is 1. The summed E-state index contributed by atoms with van der Waals surface area (Å²) >= 11 is 0. The topological polar surface area (TPSA) is 77.8 Å². The summed E-state index contributed by atoms with van der Waals surface area (Å²) in [5, 5.41) is 30.8. The van der Waals surface area contributed by atoms with E-state index in [4.69, 9.17) is 0 Å². The van der Waals surface area contributed by atoms with Crippen LogP contribution in [0.15, 0.2) is 18.2 Å². The number of hydrogen-bond donors (Lipinski definition) is 3. The summed E-state index contributed by atoms with van der Waals surface area (Å²) < 4.78 is 0. The van der Waals surface area contributed by atoms with E-state index in [1.54, 1.807) is 13.8 Å². The van der Waals surface area contributed by atoms with E-state index in [1.165, 1.54) is 0 Å². The zero-order valence-corrected chi connectivity index (χ0v) is 15.0. The van der Waals surface area contributed by atoms with E-state index in [2.05, 4.69) is 6.92 Å². The van der Waals surface area contributed by atoms with E-state index in [-0.39, 0.29) is 11.3 Å². The Balaban J connectivity index is 2.15. The maximum atomic E-state index is 12.0. The Morgan fingerprint density at radius 1 is 1.25 bits per heavy atom. The van der Waals surface area contributed by atoms with Crippen LogP contribution < -0.4 is 0 Å². The maximum absolute atomic E-state index is 12.0. The first kappa shape index (κ1) is 17.4. The summed E-state index contributed by atoms with van der Waals surface area (Å²) in [5.74, 6) is -0.853. The minimum absolute atomic E-state index is 0.0910. The molecule has 0 spiro atoms. The fourth-order valence-electron chi connectivity index (χ4n) is 5.06. The van der Waals surface area contributed by atoms with Crippen molar-refractivity contribution in [2.24, 2.45) is 11.3 Å². The molecule has 24 heavy (non-hydrogen) atoms. The molecule has 3 N–H and O–H groups in total. The van der Waals surface area contributed by atoms with Gasteiger partial charge in [0, 0.05) is 0 Å². The first-order valence-electron chi connectivity index (χ1n) is 8.79. The molecule has 4 nitrogen and oxygen atoms in total. The lowest BCUT2D eigenvalue weighted by molar-refractivity contribution is -0.159. The van der Waals surface area contributed by atoms with Gasteiger partial charge >= 0.3 is 5.97 Å². The highest BCUT2D eigenvalue weighted by atomic mass is 16.4. The third-order valence-electron chi connectivity index (χ3n) is 6.61. The summed E-state index contributed by atoms with van der Waals surface area (Å²) in [6, 6.07) is 5.80. The zero-order valence-electron chi connectivity index (χ0n) is 15.0. The van der Waals surface area contributed by atoms with Crippen molar-refractivity contribution in [1.29, 1.82) is 0 Å². The van der Waals surface area contributed by atoms with Gasteiger partial charge in [0.1, 0.15) is 0 Å². The van der Waals surface area contributed by atoms with Gasteiger partial charge in [-0.15, -0.1) is 0 Å². The number of benzene rings is 1. The van der Waals surface area contributed by atoms with Crippen LogP contribution in [-0.4, -0.2) is 21.3 Å². The second-order valence-corrected chi connectivity index (χ2v) is 8.66. The molecular formula is C20H28O4. The lowest BCUT2D eigenvalue weighted by Gasteiger charge is -2.54. The highest BCUT2D eigenvalue weighted by molar-refractivity contribution is 5.75. The zero-order chi connectivity index (χ0) is 17.9. The second-order valence-electron chi connectivity index (χ2n) is 8.66. The molecule has 0 amide bonds. The average Bonchev–Trinajstić information content (AvgIpc) is 2.48. The van der Waals surface area contributed by atoms with Crippen LogP contribution in [0.2, 0.25) is 0 Å². The number of carbonyl (C=O) groups is 1. The molecule has 2 aliphatic rings. The van der Waals surface area contributed by atoms with Crippen molar-refractivity contribution >= 4 is 5.97 Å². The van der Waals surface area contributed by atoms with Gasteiger partial charge in [-0.1, -0.05) is 31.5 Å². The SMILES string of the molecule is CC(C)(O)c1ccc2c(c1)C(O)C[C@H]1[C@@]2(C)CCC[C@]1(C)C(=O)O. The fourth-order valence-corrected chi connectivity index (χ4v) is 5.06. The predicted molar refractivity (Wildman–Crippen MR) is 91.7 cm³/mol. The Kier molecular flexibility index (Phi) is 3.85. The van der Waals surface area contributed by atoms with Gasteiger partial charge < -0.3 is 15.3 Å². The molecule has 0 aliphatic heterocycles. The van der Waals surface area contributed by atoms with Crippen molar-refractivity contribution in [1.82, 2.24) is 0 Å². The highest BCUT2D eigenvalue weighted by Crippen LogP contribution is 2.59. The molecule has 0 saturated heterocycles. The van der Waals surface area contributed by atoms with Crippen LogP contribution in [0, 0.1) is 11.3 Å². The molecule has 4 heteroatoms. The van der Waals surface area contributed by atoms with E-state index < -0.39 is 23.1 Å². The standard InChI is InChI=1S/C20H28O4/c1-18(2,24)12-6-7-14-13(10-12)15(21)11-16-19(14,3)8-5-9-20(16,4)17(22)23/h6-7,10,15-16,21,24H,5,8-9,11H2,1-4H3,(H,22,23)/t15?,16-,19-,20-/m0/s1. The molecule has 0 aromatic heterocycles. The van der Waals surface area contributed by atoms with Crippen LogP contribution in [0.3, 0.4) is 0 Å². The van der Waals surface area contributed by atoms with Crippen molar-refractivity contribution in [3.05, 3.63) is 34.9 Å². The Hall–Kier alpha value is -1.39. The van der Waals surface area contributed by atoms with Crippen LogP contribution >= 0.6 is 0 Å². The molecule has 1 unspecified atom stereocenters. The monoisotopic (exact) mass is 332 g/mol. The van der Waals surface area contributed by atoms with Crippen molar-refractivity contribution in [2.45, 2.75) is 70.5 Å². The highest BCUT2D eigenvalue weighted by Gasteiger charge is 2.56. The van der Waals surface area contributed by atoms with E-state index in [0.29, 0.717) is 12.8 Å². The van der Waals surface area contributed by atoms with E-state index >= 15 is 0 Å². The van der Waals surface area contributed by atoms with Crippen molar-refractivity contribution in [3.8, 4) is 0 Å². The molecule has 3 rings (SSSR count). The summed E-state index contributed by atoms with van der Waals surface area (Å²) in [4.78, 5) is 12.0. The summed E-state index contributed by atoms with van der Waals surface area (Å²) in [6.45, 7) is 7.44. The number of hydrogen-bond acceptors (Lipinski definition) is 3. The van der Waals surface area contributed by atoms with Gasteiger partial charge in [-0.25, -0.2) is 0 Å². The number of rotatable bonds is 2. The molecule has 1 saturated carbocycles. The van der Waals surface area contributed by atoms with Crippen LogP contribution in [0.25, 0.3) is 0 Å². The second kappa shape index (κ2) is 5.30. The molecule has 1 aromatic rings. The van der Waals surface area contributed by atoms with E-state index in [0.717, 1.165) is 29.5 Å².